The lowest BCUT2D eigenvalue weighted by Gasteiger charge is -2.00. The third-order valence-corrected chi connectivity index (χ3v) is 2.89. The molecule has 0 unspecified atom stereocenters. The molecule has 84 valence electrons. The van der Waals surface area contributed by atoms with E-state index in [1.807, 2.05) is 0 Å². The van der Waals surface area contributed by atoms with Crippen LogP contribution >= 0.6 is 10.7 Å². The molecule has 6 nitrogen and oxygen atoms in total. The zero-order chi connectivity index (χ0) is 11.6. The fraction of sp³-hybridized carbons (Fsp3) is 0.125. The van der Waals surface area contributed by atoms with E-state index in [9.17, 15) is 8.42 Å². The van der Waals surface area contributed by atoms with Gasteiger partial charge in [0.05, 0.1) is 5.75 Å². The molecule has 0 atom stereocenters. The van der Waals surface area contributed by atoms with Gasteiger partial charge in [-0.2, -0.15) is 0 Å². The minimum Gasteiger partial charge on any atom is -0.239 e. The standard InChI is InChI=1S/C8H7ClN4O2S/c9-16(14,15)5-6-2-1-3-7(4-6)8-10-12-13-11-8/h1-4H,5H2,(H,10,11,12,13). The number of hydrogen-bond donors (Lipinski definition) is 1. The minimum atomic E-state index is -3.55. The summed E-state index contributed by atoms with van der Waals surface area (Å²) in [4.78, 5) is 0. The Balaban J connectivity index is 2.34. The van der Waals surface area contributed by atoms with Crippen LogP contribution in [0.15, 0.2) is 24.3 Å². The Labute approximate surface area is 96.1 Å². The quantitative estimate of drug-likeness (QED) is 0.828. The molecule has 0 bridgehead atoms. The summed E-state index contributed by atoms with van der Waals surface area (Å²) >= 11 is 0. The summed E-state index contributed by atoms with van der Waals surface area (Å²) in [6.45, 7) is 0. The number of aromatic nitrogens is 4. The average Bonchev–Trinajstić information content (AvgIpc) is 2.68. The Hall–Kier alpha value is -1.47. The van der Waals surface area contributed by atoms with Crippen molar-refractivity contribution < 1.29 is 8.42 Å². The maximum atomic E-state index is 10.9. The smallest absolute Gasteiger partial charge is 0.236 e. The average molecular weight is 259 g/mol. The fourth-order valence-corrected chi connectivity index (χ4v) is 2.24. The molecule has 0 fully saturated rings. The molecule has 0 aliphatic heterocycles. The molecule has 0 aliphatic rings. The maximum Gasteiger partial charge on any atom is 0.236 e. The first kappa shape index (κ1) is 11.0. The second kappa shape index (κ2) is 4.18. The normalized spacial score (nSPS) is 11.6. The van der Waals surface area contributed by atoms with Crippen LogP contribution in [0.3, 0.4) is 0 Å². The minimum absolute atomic E-state index is 0.218. The Kier molecular flexibility index (Phi) is 2.88. The van der Waals surface area contributed by atoms with Gasteiger partial charge in [-0.3, -0.25) is 0 Å². The second-order valence-corrected chi connectivity index (χ2v) is 5.91. The van der Waals surface area contributed by atoms with Crippen LogP contribution in [0, 0.1) is 0 Å². The molecule has 0 amide bonds. The van der Waals surface area contributed by atoms with E-state index in [4.69, 9.17) is 10.7 Å². The highest BCUT2D eigenvalue weighted by molar-refractivity contribution is 8.13. The molecule has 0 spiro atoms. The van der Waals surface area contributed by atoms with Gasteiger partial charge in [0.1, 0.15) is 0 Å². The van der Waals surface area contributed by atoms with Crippen molar-refractivity contribution in [3.63, 3.8) is 0 Å². The lowest BCUT2D eigenvalue weighted by atomic mass is 10.1. The zero-order valence-corrected chi connectivity index (χ0v) is 9.53. The monoisotopic (exact) mass is 258 g/mol. The van der Waals surface area contributed by atoms with Crippen LogP contribution in [-0.4, -0.2) is 29.0 Å². The van der Waals surface area contributed by atoms with Crippen LogP contribution in [0.5, 0.6) is 0 Å². The summed E-state index contributed by atoms with van der Waals surface area (Å²) in [7, 11) is 1.62. The predicted molar refractivity (Wildman–Crippen MR) is 58.1 cm³/mol. The van der Waals surface area contributed by atoms with E-state index < -0.39 is 9.05 Å². The zero-order valence-electron chi connectivity index (χ0n) is 7.96. The molecule has 8 heteroatoms. The van der Waals surface area contributed by atoms with Crippen LogP contribution < -0.4 is 0 Å². The van der Waals surface area contributed by atoms with Crippen LogP contribution in [0.25, 0.3) is 11.4 Å². The largest absolute Gasteiger partial charge is 0.239 e. The summed E-state index contributed by atoms with van der Waals surface area (Å²) in [5.41, 5.74) is 1.30. The van der Waals surface area contributed by atoms with E-state index in [1.165, 1.54) is 0 Å². The Morgan fingerprint density at radius 1 is 1.38 bits per heavy atom. The number of nitrogens with one attached hydrogen (secondary N) is 1. The molecule has 0 aliphatic carbocycles. The van der Waals surface area contributed by atoms with Crippen LogP contribution in [0.1, 0.15) is 5.56 Å². The third kappa shape index (κ3) is 2.77. The van der Waals surface area contributed by atoms with Crippen molar-refractivity contribution in [2.75, 3.05) is 0 Å². The van der Waals surface area contributed by atoms with Gasteiger partial charge in [0.25, 0.3) is 0 Å². The van der Waals surface area contributed by atoms with E-state index in [0.717, 1.165) is 0 Å². The molecule has 1 aromatic carbocycles. The number of halogens is 1. The highest BCUT2D eigenvalue weighted by atomic mass is 35.7. The number of hydrogen-bond acceptors (Lipinski definition) is 5. The number of nitrogens with zero attached hydrogens (tertiary/aromatic N) is 3. The number of H-pyrrole nitrogens is 1. The van der Waals surface area contributed by atoms with E-state index in [0.29, 0.717) is 17.0 Å². The van der Waals surface area contributed by atoms with Crippen LogP contribution in [0.2, 0.25) is 0 Å². The van der Waals surface area contributed by atoms with E-state index >= 15 is 0 Å². The first-order valence-electron chi connectivity index (χ1n) is 4.30. The van der Waals surface area contributed by atoms with Crippen LogP contribution in [-0.2, 0) is 14.8 Å². The molecular formula is C8H7ClN4O2S. The van der Waals surface area contributed by atoms with Crippen molar-refractivity contribution in [2.24, 2.45) is 0 Å². The van der Waals surface area contributed by atoms with Gasteiger partial charge in [-0.1, -0.05) is 18.2 Å². The van der Waals surface area contributed by atoms with Gasteiger partial charge in [-0.05, 0) is 22.1 Å². The van der Waals surface area contributed by atoms with Gasteiger partial charge in [-0.15, -0.1) is 5.10 Å². The predicted octanol–water partition coefficient (Wildman–Crippen LogP) is 0.935. The molecule has 1 heterocycles. The molecule has 0 saturated carbocycles. The van der Waals surface area contributed by atoms with E-state index in [-0.39, 0.29) is 5.75 Å². The van der Waals surface area contributed by atoms with Crippen LogP contribution in [0.4, 0.5) is 0 Å². The highest BCUT2D eigenvalue weighted by Gasteiger charge is 2.09. The van der Waals surface area contributed by atoms with Gasteiger partial charge in [-0.25, -0.2) is 13.5 Å². The maximum absolute atomic E-state index is 10.9. The van der Waals surface area contributed by atoms with Crippen molar-refractivity contribution in [3.05, 3.63) is 29.8 Å². The van der Waals surface area contributed by atoms with E-state index in [1.54, 1.807) is 24.3 Å². The number of benzene rings is 1. The number of tetrazole rings is 1. The molecule has 1 aromatic heterocycles. The van der Waals surface area contributed by atoms with Crippen molar-refractivity contribution >= 4 is 19.7 Å². The fourth-order valence-electron chi connectivity index (χ4n) is 1.29. The van der Waals surface area contributed by atoms with Gasteiger partial charge >= 0.3 is 0 Å². The molecular weight excluding hydrogens is 252 g/mol. The molecule has 1 N–H and O–H groups in total. The van der Waals surface area contributed by atoms with Gasteiger partial charge in [0.15, 0.2) is 5.82 Å². The molecule has 2 aromatic rings. The number of rotatable bonds is 3. The van der Waals surface area contributed by atoms with Crippen molar-refractivity contribution in [1.82, 2.24) is 20.6 Å². The third-order valence-electron chi connectivity index (χ3n) is 1.88. The molecule has 16 heavy (non-hydrogen) atoms. The van der Waals surface area contributed by atoms with Gasteiger partial charge < -0.3 is 0 Å². The molecule has 0 saturated heterocycles. The summed E-state index contributed by atoms with van der Waals surface area (Å²) in [6, 6.07) is 6.83. The lowest BCUT2D eigenvalue weighted by molar-refractivity contribution is 0.609. The second-order valence-electron chi connectivity index (χ2n) is 3.13. The Morgan fingerprint density at radius 2 is 2.19 bits per heavy atom. The summed E-state index contributed by atoms with van der Waals surface area (Å²) in [6.07, 6.45) is 0. The lowest BCUT2D eigenvalue weighted by Crippen LogP contribution is -1.95. The van der Waals surface area contributed by atoms with Crippen molar-refractivity contribution in [1.29, 1.82) is 0 Å². The first-order chi connectivity index (χ1) is 7.54. The summed E-state index contributed by atoms with van der Waals surface area (Å²) < 4.78 is 21.8. The molecule has 0 radical (unpaired) electrons. The van der Waals surface area contributed by atoms with Crippen molar-refractivity contribution in [2.45, 2.75) is 5.75 Å². The van der Waals surface area contributed by atoms with Gasteiger partial charge in [0.2, 0.25) is 9.05 Å². The Bertz CT molecular complexity index is 582. The Morgan fingerprint density at radius 3 is 2.81 bits per heavy atom. The molecule has 2 rings (SSSR count). The topological polar surface area (TPSA) is 88.6 Å². The van der Waals surface area contributed by atoms with E-state index in [2.05, 4.69) is 20.6 Å². The SMILES string of the molecule is O=S(=O)(Cl)Cc1cccc(-c2nnn[nH]2)c1. The summed E-state index contributed by atoms with van der Waals surface area (Å²) in [5, 5.41) is 13.2. The summed E-state index contributed by atoms with van der Waals surface area (Å²) in [5.74, 6) is 0.262. The van der Waals surface area contributed by atoms with Gasteiger partial charge in [0, 0.05) is 16.2 Å². The van der Waals surface area contributed by atoms with Crippen molar-refractivity contribution in [3.8, 4) is 11.4 Å². The first-order valence-corrected chi connectivity index (χ1v) is 6.78. The highest BCUT2D eigenvalue weighted by Crippen LogP contribution is 2.17. The number of aromatic amines is 1.